The van der Waals surface area contributed by atoms with E-state index in [9.17, 15) is 0 Å². The number of benzene rings is 1. The summed E-state index contributed by atoms with van der Waals surface area (Å²) < 4.78 is 11.8. The highest BCUT2D eigenvalue weighted by Crippen LogP contribution is 2.24. The molecule has 0 spiro atoms. The molecule has 3 nitrogen and oxygen atoms in total. The Morgan fingerprint density at radius 3 is 2.55 bits per heavy atom. The summed E-state index contributed by atoms with van der Waals surface area (Å²) >= 11 is 0. The molecule has 1 aromatic rings. The van der Waals surface area contributed by atoms with Gasteiger partial charge in [-0.05, 0) is 51.7 Å². The lowest BCUT2D eigenvalue weighted by Crippen LogP contribution is -2.35. The second kappa shape index (κ2) is 6.70. The summed E-state index contributed by atoms with van der Waals surface area (Å²) in [5.41, 5.74) is 9.97. The van der Waals surface area contributed by atoms with Crippen molar-refractivity contribution in [3.63, 3.8) is 0 Å². The molecule has 0 bridgehead atoms. The van der Waals surface area contributed by atoms with Gasteiger partial charge in [0.1, 0.15) is 0 Å². The third kappa shape index (κ3) is 4.05. The summed E-state index contributed by atoms with van der Waals surface area (Å²) in [4.78, 5) is 0. The molecule has 1 heterocycles. The molecule has 112 valence electrons. The van der Waals surface area contributed by atoms with Crippen molar-refractivity contribution >= 4 is 0 Å². The van der Waals surface area contributed by atoms with Gasteiger partial charge in [-0.3, -0.25) is 0 Å². The molecule has 1 aromatic carbocycles. The van der Waals surface area contributed by atoms with E-state index < -0.39 is 0 Å². The van der Waals surface area contributed by atoms with Crippen LogP contribution in [-0.2, 0) is 9.47 Å². The van der Waals surface area contributed by atoms with Gasteiger partial charge in [-0.2, -0.15) is 0 Å². The molecule has 0 aromatic heterocycles. The average molecular weight is 277 g/mol. The summed E-state index contributed by atoms with van der Waals surface area (Å²) in [6.45, 7) is 8.99. The van der Waals surface area contributed by atoms with Crippen LogP contribution in [0.1, 0.15) is 49.4 Å². The largest absolute Gasteiger partial charge is 0.376 e. The van der Waals surface area contributed by atoms with Crippen molar-refractivity contribution in [2.45, 2.75) is 64.9 Å². The van der Waals surface area contributed by atoms with Gasteiger partial charge in [0.25, 0.3) is 0 Å². The molecule has 1 aliphatic rings. The Hall–Kier alpha value is -0.900. The van der Waals surface area contributed by atoms with Gasteiger partial charge in [-0.15, -0.1) is 0 Å². The van der Waals surface area contributed by atoms with E-state index in [-0.39, 0.29) is 24.4 Å². The molecular weight excluding hydrogens is 250 g/mol. The van der Waals surface area contributed by atoms with Gasteiger partial charge >= 0.3 is 0 Å². The molecular formula is C17H27NO2. The lowest BCUT2D eigenvalue weighted by molar-refractivity contribution is -0.103. The maximum atomic E-state index is 6.29. The zero-order valence-corrected chi connectivity index (χ0v) is 13.1. The van der Waals surface area contributed by atoms with Crippen LogP contribution in [0.2, 0.25) is 0 Å². The summed E-state index contributed by atoms with van der Waals surface area (Å²) in [7, 11) is 0. The predicted octanol–water partition coefficient (Wildman–Crippen LogP) is 3.28. The van der Waals surface area contributed by atoms with E-state index in [0.717, 1.165) is 12.8 Å². The summed E-state index contributed by atoms with van der Waals surface area (Å²) in [5, 5.41) is 0. The van der Waals surface area contributed by atoms with E-state index in [1.165, 1.54) is 16.7 Å². The zero-order chi connectivity index (χ0) is 14.7. The van der Waals surface area contributed by atoms with Gasteiger partial charge in [0.2, 0.25) is 0 Å². The molecule has 20 heavy (non-hydrogen) atoms. The number of ether oxygens (including phenoxy) is 2. The van der Waals surface area contributed by atoms with Crippen LogP contribution >= 0.6 is 0 Å². The van der Waals surface area contributed by atoms with E-state index in [1.807, 2.05) is 0 Å². The van der Waals surface area contributed by atoms with Gasteiger partial charge in [-0.25, -0.2) is 0 Å². The van der Waals surface area contributed by atoms with Crippen LogP contribution in [0.4, 0.5) is 0 Å². The molecule has 2 N–H and O–H groups in total. The van der Waals surface area contributed by atoms with Gasteiger partial charge in [-0.1, -0.05) is 23.8 Å². The standard InChI is InChI=1S/C17H27NO2/c1-11-5-6-12(2)16(7-11)17(18)10-19-15-8-13(3)20-14(4)9-15/h5-7,13-15,17H,8-10,18H2,1-4H3. The quantitative estimate of drug-likeness (QED) is 0.918. The highest BCUT2D eigenvalue weighted by Gasteiger charge is 2.25. The first kappa shape index (κ1) is 15.5. The first-order valence-corrected chi connectivity index (χ1v) is 7.55. The molecule has 0 saturated carbocycles. The maximum Gasteiger partial charge on any atom is 0.0663 e. The Kier molecular flexibility index (Phi) is 5.19. The number of hydrogen-bond acceptors (Lipinski definition) is 3. The molecule has 1 saturated heterocycles. The van der Waals surface area contributed by atoms with Crippen LogP contribution < -0.4 is 5.73 Å². The number of rotatable bonds is 4. The highest BCUT2D eigenvalue weighted by atomic mass is 16.5. The number of aryl methyl sites for hydroxylation is 2. The van der Waals surface area contributed by atoms with Crippen molar-refractivity contribution in [1.82, 2.24) is 0 Å². The van der Waals surface area contributed by atoms with Crippen LogP contribution in [0.5, 0.6) is 0 Å². The van der Waals surface area contributed by atoms with Crippen LogP contribution in [0.15, 0.2) is 18.2 Å². The van der Waals surface area contributed by atoms with E-state index in [2.05, 4.69) is 45.9 Å². The molecule has 0 aliphatic carbocycles. The Morgan fingerprint density at radius 1 is 1.25 bits per heavy atom. The van der Waals surface area contributed by atoms with Crippen molar-refractivity contribution < 1.29 is 9.47 Å². The maximum absolute atomic E-state index is 6.29. The van der Waals surface area contributed by atoms with Crippen molar-refractivity contribution in [1.29, 1.82) is 0 Å². The minimum atomic E-state index is -0.0524. The SMILES string of the molecule is Cc1ccc(C)c(C(N)COC2CC(C)OC(C)C2)c1. The molecule has 3 atom stereocenters. The Bertz CT molecular complexity index is 437. The fraction of sp³-hybridized carbons (Fsp3) is 0.647. The van der Waals surface area contributed by atoms with E-state index in [1.54, 1.807) is 0 Å². The van der Waals surface area contributed by atoms with E-state index in [4.69, 9.17) is 15.2 Å². The number of nitrogens with two attached hydrogens (primary N) is 1. The lowest BCUT2D eigenvalue weighted by Gasteiger charge is -2.32. The second-order valence-electron chi connectivity index (χ2n) is 6.15. The van der Waals surface area contributed by atoms with Gasteiger partial charge < -0.3 is 15.2 Å². The normalized spacial score (nSPS) is 28.4. The van der Waals surface area contributed by atoms with Crippen molar-refractivity contribution in [2.75, 3.05) is 6.61 Å². The summed E-state index contributed by atoms with van der Waals surface area (Å²) in [6.07, 6.45) is 2.75. The summed E-state index contributed by atoms with van der Waals surface area (Å²) in [6, 6.07) is 6.36. The van der Waals surface area contributed by atoms with Crippen LogP contribution in [-0.4, -0.2) is 24.9 Å². The van der Waals surface area contributed by atoms with Crippen LogP contribution in [0, 0.1) is 13.8 Å². The predicted molar refractivity (Wildman–Crippen MR) is 81.8 cm³/mol. The minimum Gasteiger partial charge on any atom is -0.376 e. The monoisotopic (exact) mass is 277 g/mol. The van der Waals surface area contributed by atoms with Crippen molar-refractivity contribution in [2.24, 2.45) is 5.73 Å². The number of hydrogen-bond donors (Lipinski definition) is 1. The second-order valence-corrected chi connectivity index (χ2v) is 6.15. The summed E-state index contributed by atoms with van der Waals surface area (Å²) in [5.74, 6) is 0. The Labute approximate surface area is 122 Å². The Morgan fingerprint density at radius 2 is 1.90 bits per heavy atom. The topological polar surface area (TPSA) is 44.5 Å². The third-order valence-electron chi connectivity index (χ3n) is 4.00. The molecule has 1 fully saturated rings. The molecule has 3 unspecified atom stereocenters. The Balaban J connectivity index is 1.91. The lowest BCUT2D eigenvalue weighted by atomic mass is 9.99. The van der Waals surface area contributed by atoms with Gasteiger partial charge in [0, 0.05) is 0 Å². The third-order valence-corrected chi connectivity index (χ3v) is 4.00. The van der Waals surface area contributed by atoms with Gasteiger partial charge in [0.05, 0.1) is 31.0 Å². The van der Waals surface area contributed by atoms with Crippen molar-refractivity contribution in [3.05, 3.63) is 34.9 Å². The van der Waals surface area contributed by atoms with Crippen LogP contribution in [0.3, 0.4) is 0 Å². The molecule has 1 aliphatic heterocycles. The van der Waals surface area contributed by atoms with E-state index in [0.29, 0.717) is 6.61 Å². The zero-order valence-electron chi connectivity index (χ0n) is 13.1. The first-order chi connectivity index (χ1) is 9.45. The average Bonchev–Trinajstić information content (AvgIpc) is 2.38. The van der Waals surface area contributed by atoms with E-state index >= 15 is 0 Å². The molecule has 2 rings (SSSR count). The highest BCUT2D eigenvalue weighted by molar-refractivity contribution is 5.32. The fourth-order valence-corrected chi connectivity index (χ4v) is 2.97. The first-order valence-electron chi connectivity index (χ1n) is 7.55. The van der Waals surface area contributed by atoms with Crippen LogP contribution in [0.25, 0.3) is 0 Å². The van der Waals surface area contributed by atoms with Crippen molar-refractivity contribution in [3.8, 4) is 0 Å². The fourth-order valence-electron chi connectivity index (χ4n) is 2.97. The minimum absolute atomic E-state index is 0.0524. The molecule has 0 radical (unpaired) electrons. The molecule has 0 amide bonds. The van der Waals surface area contributed by atoms with Gasteiger partial charge in [0.15, 0.2) is 0 Å². The molecule has 3 heteroatoms. The smallest absolute Gasteiger partial charge is 0.0663 e.